The van der Waals surface area contributed by atoms with Gasteiger partial charge in [-0.15, -0.1) is 10.2 Å². The zero-order valence-electron chi connectivity index (χ0n) is 16.5. The van der Waals surface area contributed by atoms with Crippen LogP contribution in [0.3, 0.4) is 0 Å². The molecule has 0 fully saturated rings. The normalized spacial score (nSPS) is 11.8. The van der Waals surface area contributed by atoms with Gasteiger partial charge >= 0.3 is 6.18 Å². The topological polar surface area (TPSA) is 130 Å². The number of halogens is 3. The molecule has 3 aromatic heterocycles. The summed E-state index contributed by atoms with van der Waals surface area (Å²) in [5.41, 5.74) is 0.108. The highest BCUT2D eigenvalue weighted by molar-refractivity contribution is 7.91. The highest BCUT2D eigenvalue weighted by atomic mass is 32.2. The Kier molecular flexibility index (Phi) is 6.24. The third kappa shape index (κ3) is 4.58. The lowest BCUT2D eigenvalue weighted by Crippen LogP contribution is -2.29. The van der Waals surface area contributed by atoms with Crippen molar-refractivity contribution in [1.82, 2.24) is 20.2 Å². The Morgan fingerprint density at radius 3 is 2.59 bits per heavy atom. The zero-order chi connectivity index (χ0) is 23.7. The Balaban J connectivity index is 2.08. The van der Waals surface area contributed by atoms with Gasteiger partial charge in [0.1, 0.15) is 17.5 Å². The molecular weight excluding hydrogens is 469 g/mol. The van der Waals surface area contributed by atoms with Crippen molar-refractivity contribution in [3.05, 3.63) is 46.9 Å². The van der Waals surface area contributed by atoms with Gasteiger partial charge in [0.2, 0.25) is 10.1 Å². The van der Waals surface area contributed by atoms with E-state index in [0.717, 1.165) is 11.9 Å². The maximum atomic E-state index is 12.9. The first-order valence-electron chi connectivity index (χ1n) is 8.77. The summed E-state index contributed by atoms with van der Waals surface area (Å²) in [7, 11) is -2.83. The van der Waals surface area contributed by atoms with Gasteiger partial charge in [-0.05, 0) is 18.2 Å². The first-order valence-corrected chi connectivity index (χ1v) is 11.2. The van der Waals surface area contributed by atoms with Gasteiger partial charge in [0.15, 0.2) is 9.84 Å². The van der Waals surface area contributed by atoms with E-state index in [1.807, 2.05) is 6.07 Å². The van der Waals surface area contributed by atoms with Crippen LogP contribution in [0.25, 0.3) is 11.3 Å². The van der Waals surface area contributed by atoms with Crippen LogP contribution in [0.15, 0.2) is 35.4 Å². The maximum Gasteiger partial charge on any atom is 0.445 e. The predicted molar refractivity (Wildman–Crippen MR) is 108 cm³/mol. The quantitative estimate of drug-likeness (QED) is 0.543. The van der Waals surface area contributed by atoms with E-state index in [2.05, 4.69) is 20.2 Å². The maximum absolute atomic E-state index is 12.9. The van der Waals surface area contributed by atoms with Crippen molar-refractivity contribution in [3.8, 4) is 17.3 Å². The lowest BCUT2D eigenvalue weighted by atomic mass is 10.1. The van der Waals surface area contributed by atoms with Gasteiger partial charge in [-0.2, -0.15) is 18.4 Å². The number of carbonyl (C=O) groups excluding carboxylic acids is 1. The minimum atomic E-state index is -4.73. The van der Waals surface area contributed by atoms with Gasteiger partial charge < -0.3 is 0 Å². The molecule has 3 heterocycles. The standard InChI is InChI=1S/C18H13F3N6O3S2/c1-3-32(29,30)13-7-10(12-6-4-5-11(8-22)24-12)9-23-14(13)15(28)27(2)17-26-25-16(31-17)18(19,20)21/h4-7,9H,3H2,1-2H3. The van der Waals surface area contributed by atoms with Crippen molar-refractivity contribution in [2.24, 2.45) is 0 Å². The summed E-state index contributed by atoms with van der Waals surface area (Å²) in [6.45, 7) is 1.37. The average molecular weight is 482 g/mol. The van der Waals surface area contributed by atoms with Crippen LogP contribution in [0.5, 0.6) is 0 Å². The van der Waals surface area contributed by atoms with Gasteiger partial charge in [-0.25, -0.2) is 18.4 Å². The lowest BCUT2D eigenvalue weighted by Gasteiger charge is -2.16. The molecule has 14 heteroatoms. The number of hydrogen-bond donors (Lipinski definition) is 0. The minimum absolute atomic E-state index is 0.0963. The van der Waals surface area contributed by atoms with E-state index in [4.69, 9.17) is 5.26 Å². The summed E-state index contributed by atoms with van der Waals surface area (Å²) in [4.78, 5) is 21.3. The summed E-state index contributed by atoms with van der Waals surface area (Å²) < 4.78 is 63.7. The minimum Gasteiger partial charge on any atom is -0.284 e. The molecule has 0 N–H and O–H groups in total. The van der Waals surface area contributed by atoms with E-state index in [9.17, 15) is 26.4 Å². The van der Waals surface area contributed by atoms with Crippen LogP contribution in [0.1, 0.15) is 28.1 Å². The van der Waals surface area contributed by atoms with Crippen LogP contribution in [0.2, 0.25) is 0 Å². The zero-order valence-corrected chi connectivity index (χ0v) is 18.1. The van der Waals surface area contributed by atoms with Gasteiger partial charge in [-0.1, -0.05) is 24.3 Å². The van der Waals surface area contributed by atoms with E-state index in [0.29, 0.717) is 0 Å². The molecule has 32 heavy (non-hydrogen) atoms. The molecule has 0 aromatic carbocycles. The van der Waals surface area contributed by atoms with Crippen molar-refractivity contribution < 1.29 is 26.4 Å². The molecule has 0 aliphatic carbocycles. The Hall–Kier alpha value is -3.44. The van der Waals surface area contributed by atoms with Crippen LogP contribution in [0, 0.1) is 11.3 Å². The van der Waals surface area contributed by atoms with Crippen LogP contribution < -0.4 is 4.90 Å². The molecule has 0 spiro atoms. The van der Waals surface area contributed by atoms with Crippen molar-refractivity contribution in [3.63, 3.8) is 0 Å². The highest BCUT2D eigenvalue weighted by Gasteiger charge is 2.37. The van der Waals surface area contributed by atoms with Gasteiger partial charge in [0.05, 0.1) is 16.3 Å². The number of nitrogens with zero attached hydrogens (tertiary/aromatic N) is 6. The molecule has 3 aromatic rings. The molecule has 0 saturated carbocycles. The van der Waals surface area contributed by atoms with Crippen molar-refractivity contribution in [2.45, 2.75) is 18.0 Å². The summed E-state index contributed by atoms with van der Waals surface area (Å²) in [5, 5.41) is 13.8. The predicted octanol–water partition coefficient (Wildman–Crippen LogP) is 2.96. The first-order chi connectivity index (χ1) is 15.0. The number of pyridine rings is 2. The molecule has 0 aliphatic heterocycles. The first kappa shape index (κ1) is 23.2. The molecule has 1 amide bonds. The Morgan fingerprint density at radius 1 is 1.28 bits per heavy atom. The molecular formula is C18H13F3N6O3S2. The molecule has 0 unspecified atom stereocenters. The fraction of sp³-hybridized carbons (Fsp3) is 0.222. The van der Waals surface area contributed by atoms with Crippen LogP contribution >= 0.6 is 11.3 Å². The number of anilines is 1. The Labute approximate surface area is 184 Å². The number of sulfone groups is 1. The van der Waals surface area contributed by atoms with E-state index in [1.165, 1.54) is 31.3 Å². The fourth-order valence-electron chi connectivity index (χ4n) is 2.51. The summed E-state index contributed by atoms with van der Waals surface area (Å²) >= 11 is 0.134. The average Bonchev–Trinajstić information content (AvgIpc) is 3.28. The molecule has 0 bridgehead atoms. The number of rotatable bonds is 5. The monoisotopic (exact) mass is 482 g/mol. The molecule has 166 valence electrons. The molecule has 3 rings (SSSR count). The van der Waals surface area contributed by atoms with Crippen molar-refractivity contribution in [1.29, 1.82) is 5.26 Å². The second kappa shape index (κ2) is 8.60. The molecule has 0 aliphatic rings. The molecule has 0 saturated heterocycles. The molecule has 9 nitrogen and oxygen atoms in total. The number of aromatic nitrogens is 4. The van der Waals surface area contributed by atoms with Gasteiger partial charge in [0, 0.05) is 18.8 Å². The third-order valence-electron chi connectivity index (χ3n) is 4.18. The number of nitriles is 1. The smallest absolute Gasteiger partial charge is 0.284 e. The number of carbonyl (C=O) groups is 1. The number of amides is 1. The van der Waals surface area contributed by atoms with Gasteiger partial charge in [-0.3, -0.25) is 9.69 Å². The van der Waals surface area contributed by atoms with E-state index in [-0.39, 0.29) is 39.2 Å². The summed E-state index contributed by atoms with van der Waals surface area (Å²) in [5.74, 6) is -1.34. The largest absolute Gasteiger partial charge is 0.445 e. The summed E-state index contributed by atoms with van der Waals surface area (Å²) in [6.07, 6.45) is -3.54. The highest BCUT2D eigenvalue weighted by Crippen LogP contribution is 2.34. The Morgan fingerprint density at radius 2 is 2.00 bits per heavy atom. The second-order valence-corrected chi connectivity index (χ2v) is 9.45. The summed E-state index contributed by atoms with van der Waals surface area (Å²) in [6, 6.07) is 7.61. The third-order valence-corrected chi connectivity index (χ3v) is 6.96. The number of alkyl halides is 3. The second-order valence-electron chi connectivity index (χ2n) is 6.25. The van der Waals surface area contributed by atoms with E-state index >= 15 is 0 Å². The van der Waals surface area contributed by atoms with E-state index in [1.54, 1.807) is 6.07 Å². The number of hydrogen-bond acceptors (Lipinski definition) is 9. The van der Waals surface area contributed by atoms with Crippen molar-refractivity contribution in [2.75, 3.05) is 17.7 Å². The Bertz CT molecular complexity index is 1330. The fourth-order valence-corrected chi connectivity index (χ4v) is 4.23. The molecule has 0 radical (unpaired) electrons. The van der Waals surface area contributed by atoms with Crippen LogP contribution in [-0.4, -0.2) is 47.3 Å². The lowest BCUT2D eigenvalue weighted by molar-refractivity contribution is -0.138. The van der Waals surface area contributed by atoms with Crippen LogP contribution in [0.4, 0.5) is 18.3 Å². The van der Waals surface area contributed by atoms with Gasteiger partial charge in [0.25, 0.3) is 5.91 Å². The SMILES string of the molecule is CCS(=O)(=O)c1cc(-c2cccc(C#N)n2)cnc1C(=O)N(C)c1nnc(C(F)(F)F)s1. The van der Waals surface area contributed by atoms with E-state index < -0.39 is 37.5 Å². The van der Waals surface area contributed by atoms with Crippen molar-refractivity contribution >= 4 is 32.2 Å². The van der Waals surface area contributed by atoms with Crippen LogP contribution in [-0.2, 0) is 16.0 Å². The molecule has 0 atom stereocenters.